The van der Waals surface area contributed by atoms with E-state index in [1.807, 2.05) is 80.6 Å². The molecule has 3 rings (SSSR count). The van der Waals surface area contributed by atoms with Gasteiger partial charge in [0, 0.05) is 17.2 Å². The fourth-order valence-electron chi connectivity index (χ4n) is 2.74. The summed E-state index contributed by atoms with van der Waals surface area (Å²) in [7, 11) is 0. The molecule has 0 aliphatic carbocycles. The first-order valence-electron chi connectivity index (χ1n) is 8.10. The van der Waals surface area contributed by atoms with Gasteiger partial charge in [-0.05, 0) is 19.4 Å². The van der Waals surface area contributed by atoms with Gasteiger partial charge in [0.15, 0.2) is 5.56 Å². The summed E-state index contributed by atoms with van der Waals surface area (Å²) in [6, 6.07) is 21.1. The Bertz CT molecular complexity index is 969. The third kappa shape index (κ3) is 3.31. The van der Waals surface area contributed by atoms with Gasteiger partial charge in [0.05, 0.1) is 5.69 Å². The molecule has 124 valence electrons. The molecule has 0 unspecified atom stereocenters. The van der Waals surface area contributed by atoms with Crippen LogP contribution in [-0.2, 0) is 0 Å². The first-order valence-corrected chi connectivity index (χ1v) is 8.10. The summed E-state index contributed by atoms with van der Waals surface area (Å²) < 4.78 is 5.58. The molecule has 0 fully saturated rings. The van der Waals surface area contributed by atoms with Gasteiger partial charge in [0.25, 0.3) is 0 Å². The smallest absolute Gasteiger partial charge is 0.356 e. The zero-order chi connectivity index (χ0) is 17.8. The average molecular weight is 330 g/mol. The van der Waals surface area contributed by atoms with Crippen LogP contribution < -0.4 is 10.9 Å². The van der Waals surface area contributed by atoms with E-state index in [-0.39, 0.29) is 11.6 Å². The van der Waals surface area contributed by atoms with Crippen molar-refractivity contribution in [2.45, 2.75) is 19.9 Å². The molecule has 2 aromatic carbocycles. The van der Waals surface area contributed by atoms with E-state index in [0.29, 0.717) is 11.4 Å². The van der Waals surface area contributed by atoms with E-state index in [1.165, 1.54) is 0 Å². The molecule has 0 radical (unpaired) electrons. The standard InChI is InChI=1S/C21H18N2O2/c1-14(2)23-19-17(13-22)21(24)25-20(16-11-7-4-8-12-16)18(19)15-9-5-3-6-10-15/h3-12,14,23H,1-2H3. The van der Waals surface area contributed by atoms with Crippen molar-refractivity contribution in [2.75, 3.05) is 5.32 Å². The number of nitriles is 1. The minimum Gasteiger partial charge on any atom is -0.421 e. The highest BCUT2D eigenvalue weighted by Crippen LogP contribution is 2.38. The third-order valence-corrected chi connectivity index (χ3v) is 3.77. The molecule has 4 heteroatoms. The Morgan fingerprint density at radius 2 is 1.52 bits per heavy atom. The van der Waals surface area contributed by atoms with Crippen LogP contribution >= 0.6 is 0 Å². The Morgan fingerprint density at radius 1 is 0.960 bits per heavy atom. The fourth-order valence-corrected chi connectivity index (χ4v) is 2.74. The quantitative estimate of drug-likeness (QED) is 0.755. The second-order valence-corrected chi connectivity index (χ2v) is 5.99. The lowest BCUT2D eigenvalue weighted by molar-refractivity contribution is 0.525. The number of benzene rings is 2. The van der Waals surface area contributed by atoms with Crippen LogP contribution in [0.3, 0.4) is 0 Å². The molecule has 0 aliphatic rings. The Kier molecular flexibility index (Phi) is 4.67. The zero-order valence-corrected chi connectivity index (χ0v) is 14.1. The van der Waals surface area contributed by atoms with Crippen molar-refractivity contribution >= 4 is 5.69 Å². The molecular weight excluding hydrogens is 312 g/mol. The van der Waals surface area contributed by atoms with Crippen LogP contribution in [0.25, 0.3) is 22.5 Å². The van der Waals surface area contributed by atoms with Gasteiger partial charge in [-0.25, -0.2) is 4.79 Å². The van der Waals surface area contributed by atoms with E-state index < -0.39 is 5.63 Å². The molecule has 25 heavy (non-hydrogen) atoms. The monoisotopic (exact) mass is 330 g/mol. The van der Waals surface area contributed by atoms with Crippen molar-refractivity contribution < 1.29 is 4.42 Å². The number of anilines is 1. The van der Waals surface area contributed by atoms with E-state index in [1.54, 1.807) is 0 Å². The summed E-state index contributed by atoms with van der Waals surface area (Å²) in [5.74, 6) is 0.457. The summed E-state index contributed by atoms with van der Waals surface area (Å²) in [6.45, 7) is 3.93. The Balaban J connectivity index is 2.42. The van der Waals surface area contributed by atoms with Crippen LogP contribution in [0.1, 0.15) is 19.4 Å². The molecule has 1 heterocycles. The predicted octanol–water partition coefficient (Wildman–Crippen LogP) is 4.67. The second-order valence-electron chi connectivity index (χ2n) is 5.99. The second kappa shape index (κ2) is 7.06. The number of rotatable bonds is 4. The Hall–Kier alpha value is -3.32. The summed E-state index contributed by atoms with van der Waals surface area (Å²) in [6.07, 6.45) is 0. The summed E-state index contributed by atoms with van der Waals surface area (Å²) in [4.78, 5) is 12.4. The van der Waals surface area contributed by atoms with E-state index in [4.69, 9.17) is 4.42 Å². The first-order chi connectivity index (χ1) is 12.1. The third-order valence-electron chi connectivity index (χ3n) is 3.77. The Morgan fingerprint density at radius 3 is 2.04 bits per heavy atom. The van der Waals surface area contributed by atoms with Gasteiger partial charge >= 0.3 is 5.63 Å². The van der Waals surface area contributed by atoms with Crippen LogP contribution in [-0.4, -0.2) is 6.04 Å². The first kappa shape index (κ1) is 16.5. The summed E-state index contributed by atoms with van der Waals surface area (Å²) in [5.41, 5.74) is 2.26. The van der Waals surface area contributed by atoms with Crippen LogP contribution in [0.15, 0.2) is 69.9 Å². The van der Waals surface area contributed by atoms with E-state index in [2.05, 4.69) is 5.32 Å². The molecule has 3 aromatic rings. The topological polar surface area (TPSA) is 66.0 Å². The van der Waals surface area contributed by atoms with Crippen LogP contribution in [0.4, 0.5) is 5.69 Å². The largest absolute Gasteiger partial charge is 0.421 e. The minimum absolute atomic E-state index is 0.00719. The summed E-state index contributed by atoms with van der Waals surface area (Å²) in [5, 5.41) is 12.8. The van der Waals surface area contributed by atoms with Crippen molar-refractivity contribution in [2.24, 2.45) is 0 Å². The van der Waals surface area contributed by atoms with Crippen LogP contribution in [0, 0.1) is 11.3 Å². The van der Waals surface area contributed by atoms with Crippen molar-refractivity contribution in [3.63, 3.8) is 0 Å². The lowest BCUT2D eigenvalue weighted by Crippen LogP contribution is -2.17. The molecule has 4 nitrogen and oxygen atoms in total. The van der Waals surface area contributed by atoms with Gasteiger partial charge in [-0.3, -0.25) is 0 Å². The molecule has 0 saturated carbocycles. The van der Waals surface area contributed by atoms with Crippen LogP contribution in [0.5, 0.6) is 0 Å². The molecule has 1 aromatic heterocycles. The number of nitrogens with zero attached hydrogens (tertiary/aromatic N) is 1. The van der Waals surface area contributed by atoms with Gasteiger partial charge in [-0.1, -0.05) is 60.7 Å². The maximum Gasteiger partial charge on any atom is 0.356 e. The molecule has 0 aliphatic heterocycles. The molecule has 0 bridgehead atoms. The van der Waals surface area contributed by atoms with Crippen LogP contribution in [0.2, 0.25) is 0 Å². The lowest BCUT2D eigenvalue weighted by atomic mass is 9.96. The highest BCUT2D eigenvalue weighted by molar-refractivity contribution is 5.91. The lowest BCUT2D eigenvalue weighted by Gasteiger charge is -2.18. The molecule has 0 atom stereocenters. The molecule has 0 spiro atoms. The number of nitrogens with one attached hydrogen (secondary N) is 1. The van der Waals surface area contributed by atoms with Gasteiger partial charge in [-0.15, -0.1) is 0 Å². The van der Waals surface area contributed by atoms with E-state index in [0.717, 1.165) is 16.7 Å². The van der Waals surface area contributed by atoms with Gasteiger partial charge in [-0.2, -0.15) is 5.26 Å². The molecular formula is C21H18N2O2. The van der Waals surface area contributed by atoms with Crippen molar-refractivity contribution in [3.05, 3.63) is 76.6 Å². The minimum atomic E-state index is -0.635. The molecule has 0 saturated heterocycles. The highest BCUT2D eigenvalue weighted by atomic mass is 16.4. The average Bonchev–Trinajstić information content (AvgIpc) is 2.62. The van der Waals surface area contributed by atoms with Crippen molar-refractivity contribution in [1.82, 2.24) is 0 Å². The van der Waals surface area contributed by atoms with E-state index in [9.17, 15) is 10.1 Å². The number of hydrogen-bond acceptors (Lipinski definition) is 4. The number of hydrogen-bond donors (Lipinski definition) is 1. The highest BCUT2D eigenvalue weighted by Gasteiger charge is 2.22. The van der Waals surface area contributed by atoms with Gasteiger partial charge in [0.2, 0.25) is 0 Å². The molecule has 1 N–H and O–H groups in total. The predicted molar refractivity (Wildman–Crippen MR) is 99.3 cm³/mol. The van der Waals surface area contributed by atoms with Crippen molar-refractivity contribution in [3.8, 4) is 28.5 Å². The van der Waals surface area contributed by atoms with Crippen molar-refractivity contribution in [1.29, 1.82) is 5.26 Å². The molecule has 0 amide bonds. The van der Waals surface area contributed by atoms with Gasteiger partial charge < -0.3 is 9.73 Å². The normalized spacial score (nSPS) is 10.5. The van der Waals surface area contributed by atoms with E-state index >= 15 is 0 Å². The maximum atomic E-state index is 12.4. The summed E-state index contributed by atoms with van der Waals surface area (Å²) >= 11 is 0. The van der Waals surface area contributed by atoms with Gasteiger partial charge in [0.1, 0.15) is 11.8 Å². The fraction of sp³-hybridized carbons (Fsp3) is 0.143. The Labute approximate surface area is 146 Å². The maximum absolute atomic E-state index is 12.4. The SMILES string of the molecule is CC(C)Nc1c(-c2ccccc2)c(-c2ccccc2)oc(=O)c1C#N. The zero-order valence-electron chi connectivity index (χ0n) is 14.1.